The van der Waals surface area contributed by atoms with E-state index in [1.54, 1.807) is 0 Å². The summed E-state index contributed by atoms with van der Waals surface area (Å²) >= 11 is 0. The van der Waals surface area contributed by atoms with Crippen LogP contribution in [0.25, 0.3) is 0 Å². The standard InChI is InChI=1S/C17H21NO/c1-12-8-13(2)17(14(3)9-12)10-18-16-6-4-15(11-19)5-7-16/h4-9,18-19H,10-11H2,1-3H3. The summed E-state index contributed by atoms with van der Waals surface area (Å²) in [5.41, 5.74) is 7.35. The molecule has 2 heteroatoms. The highest BCUT2D eigenvalue weighted by atomic mass is 16.3. The lowest BCUT2D eigenvalue weighted by Crippen LogP contribution is -2.04. The molecule has 2 N–H and O–H groups in total. The highest BCUT2D eigenvalue weighted by Crippen LogP contribution is 2.18. The number of anilines is 1. The lowest BCUT2D eigenvalue weighted by atomic mass is 10.00. The van der Waals surface area contributed by atoms with Crippen molar-refractivity contribution in [3.05, 3.63) is 64.2 Å². The lowest BCUT2D eigenvalue weighted by Gasteiger charge is -2.13. The van der Waals surface area contributed by atoms with Crippen LogP contribution in [-0.2, 0) is 13.2 Å². The molecule has 100 valence electrons. The monoisotopic (exact) mass is 255 g/mol. The number of rotatable bonds is 4. The normalized spacial score (nSPS) is 10.5. The van der Waals surface area contributed by atoms with Gasteiger partial charge in [0.2, 0.25) is 0 Å². The second kappa shape index (κ2) is 5.89. The Morgan fingerprint density at radius 1 is 0.947 bits per heavy atom. The minimum Gasteiger partial charge on any atom is -0.392 e. The Morgan fingerprint density at radius 3 is 2.05 bits per heavy atom. The van der Waals surface area contributed by atoms with Gasteiger partial charge in [-0.25, -0.2) is 0 Å². The Balaban J connectivity index is 2.10. The highest BCUT2D eigenvalue weighted by Gasteiger charge is 2.03. The van der Waals surface area contributed by atoms with Gasteiger partial charge in [0.1, 0.15) is 0 Å². The summed E-state index contributed by atoms with van der Waals surface area (Å²) in [6, 6.07) is 12.3. The third-order valence-corrected chi connectivity index (χ3v) is 3.45. The van der Waals surface area contributed by atoms with Crippen LogP contribution in [0.5, 0.6) is 0 Å². The zero-order chi connectivity index (χ0) is 13.8. The van der Waals surface area contributed by atoms with E-state index in [1.807, 2.05) is 24.3 Å². The van der Waals surface area contributed by atoms with Crippen molar-refractivity contribution in [1.29, 1.82) is 0 Å². The molecule has 0 fully saturated rings. The van der Waals surface area contributed by atoms with Crippen LogP contribution in [-0.4, -0.2) is 5.11 Å². The molecule has 0 aliphatic heterocycles. The van der Waals surface area contributed by atoms with Gasteiger partial charge in [0.15, 0.2) is 0 Å². The summed E-state index contributed by atoms with van der Waals surface area (Å²) in [4.78, 5) is 0. The van der Waals surface area contributed by atoms with Crippen LogP contribution in [0, 0.1) is 20.8 Å². The van der Waals surface area contributed by atoms with E-state index >= 15 is 0 Å². The third-order valence-electron chi connectivity index (χ3n) is 3.45. The Hall–Kier alpha value is -1.80. The highest BCUT2D eigenvalue weighted by molar-refractivity contribution is 5.47. The summed E-state index contributed by atoms with van der Waals surface area (Å²) < 4.78 is 0. The number of hydrogen-bond acceptors (Lipinski definition) is 2. The van der Waals surface area contributed by atoms with E-state index in [9.17, 15) is 0 Å². The first kappa shape index (κ1) is 13.6. The number of aliphatic hydroxyl groups is 1. The topological polar surface area (TPSA) is 32.3 Å². The fourth-order valence-electron chi connectivity index (χ4n) is 2.41. The van der Waals surface area contributed by atoms with Gasteiger partial charge in [-0.1, -0.05) is 29.8 Å². The van der Waals surface area contributed by atoms with Crippen LogP contribution < -0.4 is 5.32 Å². The first-order chi connectivity index (χ1) is 9.10. The molecule has 0 unspecified atom stereocenters. The molecule has 2 aromatic rings. The van der Waals surface area contributed by atoms with Crippen molar-refractivity contribution in [3.8, 4) is 0 Å². The largest absolute Gasteiger partial charge is 0.392 e. The van der Waals surface area contributed by atoms with Crippen molar-refractivity contribution in [3.63, 3.8) is 0 Å². The fraction of sp³-hybridized carbons (Fsp3) is 0.294. The quantitative estimate of drug-likeness (QED) is 0.872. The second-order valence-corrected chi connectivity index (χ2v) is 5.09. The molecule has 0 bridgehead atoms. The number of aryl methyl sites for hydroxylation is 3. The minimum atomic E-state index is 0.0937. The van der Waals surface area contributed by atoms with Gasteiger partial charge in [0.05, 0.1) is 6.61 Å². The van der Waals surface area contributed by atoms with Crippen LogP contribution in [0.3, 0.4) is 0 Å². The molecular formula is C17H21NO. The first-order valence-corrected chi connectivity index (χ1v) is 6.60. The Morgan fingerprint density at radius 2 is 1.53 bits per heavy atom. The molecule has 2 nitrogen and oxygen atoms in total. The van der Waals surface area contributed by atoms with Gasteiger partial charge in [0.25, 0.3) is 0 Å². The molecule has 0 saturated heterocycles. The predicted octanol–water partition coefficient (Wildman–Crippen LogP) is 3.72. The van der Waals surface area contributed by atoms with E-state index in [4.69, 9.17) is 5.11 Å². The number of hydrogen-bond donors (Lipinski definition) is 2. The van der Waals surface area contributed by atoms with E-state index in [0.717, 1.165) is 17.8 Å². The van der Waals surface area contributed by atoms with Gasteiger partial charge in [-0.05, 0) is 55.2 Å². The second-order valence-electron chi connectivity index (χ2n) is 5.09. The van der Waals surface area contributed by atoms with Gasteiger partial charge in [-0.3, -0.25) is 0 Å². The maximum absolute atomic E-state index is 9.01. The van der Waals surface area contributed by atoms with Crippen molar-refractivity contribution < 1.29 is 5.11 Å². The number of aliphatic hydroxyl groups excluding tert-OH is 1. The van der Waals surface area contributed by atoms with Crippen molar-refractivity contribution in [1.82, 2.24) is 0 Å². The number of benzene rings is 2. The molecule has 0 aromatic heterocycles. The molecule has 0 heterocycles. The summed E-state index contributed by atoms with van der Waals surface area (Å²) in [6.07, 6.45) is 0. The van der Waals surface area contributed by atoms with Crippen LogP contribution >= 0.6 is 0 Å². The Labute approximate surface area is 115 Å². The van der Waals surface area contributed by atoms with Gasteiger partial charge < -0.3 is 10.4 Å². The van der Waals surface area contributed by atoms with Crippen LogP contribution in [0.4, 0.5) is 5.69 Å². The van der Waals surface area contributed by atoms with Crippen molar-refractivity contribution in [2.75, 3.05) is 5.32 Å². The van der Waals surface area contributed by atoms with Crippen molar-refractivity contribution in [2.24, 2.45) is 0 Å². The molecule has 0 spiro atoms. The van der Waals surface area contributed by atoms with E-state index in [2.05, 4.69) is 38.2 Å². The maximum Gasteiger partial charge on any atom is 0.0681 e. The Kier molecular flexibility index (Phi) is 4.23. The molecule has 0 saturated carbocycles. The average Bonchev–Trinajstić information content (AvgIpc) is 2.38. The molecular weight excluding hydrogens is 234 g/mol. The van der Waals surface area contributed by atoms with Gasteiger partial charge in [-0.15, -0.1) is 0 Å². The predicted molar refractivity (Wildman–Crippen MR) is 80.3 cm³/mol. The molecule has 19 heavy (non-hydrogen) atoms. The molecule has 0 radical (unpaired) electrons. The summed E-state index contributed by atoms with van der Waals surface area (Å²) in [7, 11) is 0. The van der Waals surface area contributed by atoms with E-state index in [1.165, 1.54) is 22.3 Å². The van der Waals surface area contributed by atoms with E-state index in [-0.39, 0.29) is 6.61 Å². The smallest absolute Gasteiger partial charge is 0.0681 e. The molecule has 2 aromatic carbocycles. The molecule has 0 atom stereocenters. The number of nitrogens with one attached hydrogen (secondary N) is 1. The first-order valence-electron chi connectivity index (χ1n) is 6.60. The molecule has 0 aliphatic rings. The lowest BCUT2D eigenvalue weighted by molar-refractivity contribution is 0.282. The summed E-state index contributed by atoms with van der Waals surface area (Å²) in [5.74, 6) is 0. The van der Waals surface area contributed by atoms with E-state index in [0.29, 0.717) is 0 Å². The maximum atomic E-state index is 9.01. The molecule has 0 amide bonds. The van der Waals surface area contributed by atoms with Gasteiger partial charge >= 0.3 is 0 Å². The summed E-state index contributed by atoms with van der Waals surface area (Å²) in [5, 5.41) is 12.4. The zero-order valence-corrected chi connectivity index (χ0v) is 11.8. The van der Waals surface area contributed by atoms with Gasteiger partial charge in [-0.2, -0.15) is 0 Å². The Bertz CT molecular complexity index is 535. The zero-order valence-electron chi connectivity index (χ0n) is 11.8. The van der Waals surface area contributed by atoms with E-state index < -0.39 is 0 Å². The fourth-order valence-corrected chi connectivity index (χ4v) is 2.41. The molecule has 0 aliphatic carbocycles. The SMILES string of the molecule is Cc1cc(C)c(CNc2ccc(CO)cc2)c(C)c1. The average molecular weight is 255 g/mol. The van der Waals surface area contributed by atoms with Crippen LogP contribution in [0.2, 0.25) is 0 Å². The summed E-state index contributed by atoms with van der Waals surface area (Å²) in [6.45, 7) is 7.37. The third kappa shape index (κ3) is 3.36. The molecule has 2 rings (SSSR count). The minimum absolute atomic E-state index is 0.0937. The van der Waals surface area contributed by atoms with Crippen molar-refractivity contribution >= 4 is 5.69 Å². The van der Waals surface area contributed by atoms with Crippen molar-refractivity contribution in [2.45, 2.75) is 33.9 Å². The van der Waals surface area contributed by atoms with Gasteiger partial charge in [0, 0.05) is 12.2 Å². The van der Waals surface area contributed by atoms with Crippen LogP contribution in [0.15, 0.2) is 36.4 Å². The van der Waals surface area contributed by atoms with Crippen LogP contribution in [0.1, 0.15) is 27.8 Å².